The van der Waals surface area contributed by atoms with Gasteiger partial charge >= 0.3 is 0 Å². The molecule has 1 nitrogen and oxygen atoms in total. The third-order valence-corrected chi connectivity index (χ3v) is 15.1. The summed E-state index contributed by atoms with van der Waals surface area (Å²) >= 11 is 0. The predicted octanol–water partition coefficient (Wildman–Crippen LogP) is 15.6. The minimum Gasteiger partial charge on any atom is -0.310 e. The largest absolute Gasteiger partial charge is 0.310 e. The van der Waals surface area contributed by atoms with Gasteiger partial charge in [0, 0.05) is 28.4 Å². The fourth-order valence-corrected chi connectivity index (χ4v) is 12.1. The molecule has 12 rings (SSSR count). The number of benzene rings is 8. The number of rotatable bonds is 6. The van der Waals surface area contributed by atoms with E-state index in [-0.39, 0.29) is 10.8 Å². The summed E-state index contributed by atoms with van der Waals surface area (Å²) in [5.41, 5.74) is 21.6. The fourth-order valence-electron chi connectivity index (χ4n) is 12.1. The fraction of sp³-hybridized carbons (Fsp3) is 0.148. The van der Waals surface area contributed by atoms with Gasteiger partial charge in [0.1, 0.15) is 0 Å². The zero-order valence-corrected chi connectivity index (χ0v) is 35.8. The van der Waals surface area contributed by atoms with E-state index in [9.17, 15) is 0 Å². The molecule has 0 fully saturated rings. The summed E-state index contributed by atoms with van der Waals surface area (Å²) < 4.78 is 0. The summed E-state index contributed by atoms with van der Waals surface area (Å²) in [5.74, 6) is 0.858. The van der Waals surface area contributed by atoms with Gasteiger partial charge in [0.25, 0.3) is 0 Å². The van der Waals surface area contributed by atoms with E-state index < -0.39 is 5.41 Å². The zero-order chi connectivity index (χ0) is 41.8. The number of allylic oxidation sites excluding steroid dienone is 4. The Kier molecular flexibility index (Phi) is 8.04. The van der Waals surface area contributed by atoms with Gasteiger partial charge in [0.05, 0.1) is 5.41 Å². The van der Waals surface area contributed by atoms with Gasteiger partial charge in [-0.3, -0.25) is 0 Å². The minimum absolute atomic E-state index is 0.00701. The van der Waals surface area contributed by atoms with Crippen molar-refractivity contribution in [2.45, 2.75) is 49.9 Å². The lowest BCUT2D eigenvalue weighted by molar-refractivity contribution is 0.394. The van der Waals surface area contributed by atoms with E-state index in [1.54, 1.807) is 0 Å². The predicted molar refractivity (Wildman–Crippen MR) is 259 cm³/mol. The molecule has 0 heterocycles. The molecule has 298 valence electrons. The van der Waals surface area contributed by atoms with Gasteiger partial charge in [-0.15, -0.1) is 0 Å². The average Bonchev–Trinajstić information content (AvgIpc) is 3.85. The van der Waals surface area contributed by atoms with Crippen LogP contribution in [0.2, 0.25) is 0 Å². The van der Waals surface area contributed by atoms with Crippen molar-refractivity contribution in [2.75, 3.05) is 4.90 Å². The van der Waals surface area contributed by atoms with Crippen molar-refractivity contribution < 1.29 is 0 Å². The Morgan fingerprint density at radius 2 is 0.952 bits per heavy atom. The summed E-state index contributed by atoms with van der Waals surface area (Å²) in [6, 6.07) is 70.9. The summed E-state index contributed by atoms with van der Waals surface area (Å²) in [5, 5.41) is 0. The van der Waals surface area contributed by atoms with Crippen LogP contribution in [-0.4, -0.2) is 0 Å². The third kappa shape index (κ3) is 5.09. The van der Waals surface area contributed by atoms with E-state index in [0.29, 0.717) is 11.8 Å². The lowest BCUT2D eigenvalue weighted by Gasteiger charge is -2.34. The molecule has 1 heteroatoms. The number of hydrogen-bond acceptors (Lipinski definition) is 1. The molecule has 0 bridgehead atoms. The molecule has 8 aromatic carbocycles. The van der Waals surface area contributed by atoms with Gasteiger partial charge in [-0.25, -0.2) is 0 Å². The maximum Gasteiger partial charge on any atom is 0.0713 e. The quantitative estimate of drug-likeness (QED) is 0.162. The van der Waals surface area contributed by atoms with Crippen molar-refractivity contribution in [3.05, 3.63) is 257 Å². The second-order valence-electron chi connectivity index (χ2n) is 18.9. The number of anilines is 3. The highest BCUT2D eigenvalue weighted by Crippen LogP contribution is 2.59. The third-order valence-electron chi connectivity index (χ3n) is 15.1. The van der Waals surface area contributed by atoms with Crippen LogP contribution >= 0.6 is 0 Å². The summed E-state index contributed by atoms with van der Waals surface area (Å²) in [7, 11) is 0. The van der Waals surface area contributed by atoms with Gasteiger partial charge < -0.3 is 4.90 Å². The van der Waals surface area contributed by atoms with Gasteiger partial charge in [-0.2, -0.15) is 0 Å². The first-order valence-corrected chi connectivity index (χ1v) is 22.3. The first-order chi connectivity index (χ1) is 30.3. The van der Waals surface area contributed by atoms with Crippen LogP contribution in [0.4, 0.5) is 17.1 Å². The Morgan fingerprint density at radius 3 is 1.68 bits per heavy atom. The lowest BCUT2D eigenvalue weighted by atomic mass is 9.67. The summed E-state index contributed by atoms with van der Waals surface area (Å²) in [6.07, 6.45) is 9.28. The molecule has 4 aliphatic carbocycles. The van der Waals surface area contributed by atoms with Crippen LogP contribution in [0, 0.1) is 5.92 Å². The second kappa shape index (κ2) is 13.5. The Labute approximate surface area is 366 Å². The SMILES string of the molecule is CC1(C)c2ccccc2-c2ccc(N(c3ccc(-c4cccc5c4-c4ccccc4C5(c4ccccc4)c4ccccc4)cc3)c3ccc4c(c3)C(C)(C)C3C=CC=CC43)cc21. The van der Waals surface area contributed by atoms with Gasteiger partial charge in [-0.1, -0.05) is 204 Å². The van der Waals surface area contributed by atoms with E-state index >= 15 is 0 Å². The molecule has 0 aromatic heterocycles. The molecule has 0 saturated heterocycles. The van der Waals surface area contributed by atoms with Crippen LogP contribution in [-0.2, 0) is 16.2 Å². The molecule has 0 radical (unpaired) electrons. The lowest BCUT2D eigenvalue weighted by Crippen LogP contribution is -2.28. The van der Waals surface area contributed by atoms with Gasteiger partial charge in [0.15, 0.2) is 0 Å². The van der Waals surface area contributed by atoms with Crippen molar-refractivity contribution in [1.29, 1.82) is 0 Å². The Balaban J connectivity index is 1.02. The van der Waals surface area contributed by atoms with Crippen LogP contribution in [0.3, 0.4) is 0 Å². The zero-order valence-electron chi connectivity index (χ0n) is 35.8. The molecule has 2 unspecified atom stereocenters. The Hall–Kier alpha value is -6.96. The Bertz CT molecular complexity index is 3090. The molecule has 0 N–H and O–H groups in total. The normalized spacial score (nSPS) is 18.6. The average molecular weight is 796 g/mol. The van der Waals surface area contributed by atoms with E-state index in [2.05, 4.69) is 245 Å². The van der Waals surface area contributed by atoms with Crippen LogP contribution in [0.1, 0.15) is 78.1 Å². The van der Waals surface area contributed by atoms with Crippen LogP contribution in [0.5, 0.6) is 0 Å². The molecule has 0 aliphatic heterocycles. The molecule has 4 aliphatic rings. The molecular weight excluding hydrogens is 747 g/mol. The summed E-state index contributed by atoms with van der Waals surface area (Å²) in [4.78, 5) is 2.49. The molecule has 0 spiro atoms. The van der Waals surface area contributed by atoms with E-state index in [0.717, 1.165) is 5.69 Å². The molecule has 0 saturated carbocycles. The number of hydrogen-bond donors (Lipinski definition) is 0. The monoisotopic (exact) mass is 795 g/mol. The smallest absolute Gasteiger partial charge is 0.0713 e. The molecule has 0 amide bonds. The molecule has 8 aromatic rings. The maximum atomic E-state index is 2.49. The molecular formula is C61H49N. The van der Waals surface area contributed by atoms with Crippen LogP contribution in [0.25, 0.3) is 33.4 Å². The Morgan fingerprint density at radius 1 is 0.403 bits per heavy atom. The van der Waals surface area contributed by atoms with Crippen LogP contribution in [0.15, 0.2) is 212 Å². The van der Waals surface area contributed by atoms with Crippen molar-refractivity contribution in [1.82, 2.24) is 0 Å². The highest BCUT2D eigenvalue weighted by molar-refractivity contribution is 5.96. The standard InChI is InChI=1S/C61H49N/c1-59(2)52-26-14-11-22-47(52)49-36-34-44(38-56(49)59)62(45-35-37-50-48-23-12-15-27-53(48)60(3,4)57(50)39-45)43-32-30-40(31-33-43)46-25-17-29-55-58(46)51-24-13-16-28-54(51)61(55,41-18-7-5-8-19-41)42-20-9-6-10-21-42/h5-39,47,52H,1-4H3. The van der Waals surface area contributed by atoms with E-state index in [1.165, 1.54) is 89.3 Å². The van der Waals surface area contributed by atoms with Crippen molar-refractivity contribution in [2.24, 2.45) is 5.92 Å². The second-order valence-corrected chi connectivity index (χ2v) is 18.9. The number of nitrogens with zero attached hydrogens (tertiary/aromatic N) is 1. The minimum atomic E-state index is -0.438. The van der Waals surface area contributed by atoms with Crippen molar-refractivity contribution >= 4 is 17.1 Å². The number of fused-ring (bicyclic) bond motifs is 9. The molecule has 62 heavy (non-hydrogen) atoms. The van der Waals surface area contributed by atoms with Crippen molar-refractivity contribution in [3.63, 3.8) is 0 Å². The summed E-state index contributed by atoms with van der Waals surface area (Å²) in [6.45, 7) is 9.61. The van der Waals surface area contributed by atoms with Crippen LogP contribution < -0.4 is 4.90 Å². The highest BCUT2D eigenvalue weighted by Gasteiger charge is 2.47. The van der Waals surface area contributed by atoms with Gasteiger partial charge in [0.2, 0.25) is 0 Å². The van der Waals surface area contributed by atoms with Crippen molar-refractivity contribution in [3.8, 4) is 33.4 Å². The van der Waals surface area contributed by atoms with E-state index in [1.807, 2.05) is 0 Å². The highest BCUT2D eigenvalue weighted by atomic mass is 15.1. The first-order valence-electron chi connectivity index (χ1n) is 22.3. The topological polar surface area (TPSA) is 3.24 Å². The molecule has 2 atom stereocenters. The first kappa shape index (κ1) is 36.9. The van der Waals surface area contributed by atoms with E-state index in [4.69, 9.17) is 0 Å². The maximum absolute atomic E-state index is 2.49. The van der Waals surface area contributed by atoms with Gasteiger partial charge in [-0.05, 0) is 126 Å².